The van der Waals surface area contributed by atoms with E-state index in [2.05, 4.69) is 9.97 Å². The molecule has 0 aliphatic rings. The van der Waals surface area contributed by atoms with Crippen molar-refractivity contribution in [2.24, 2.45) is 0 Å². The zero-order chi connectivity index (χ0) is 9.80. The van der Waals surface area contributed by atoms with Gasteiger partial charge in [-0.1, -0.05) is 18.2 Å². The highest BCUT2D eigenvalue weighted by atomic mass is 16.3. The Balaban J connectivity index is 2.23. The molecule has 1 aromatic heterocycles. The van der Waals surface area contributed by atoms with E-state index in [4.69, 9.17) is 0 Å². The van der Waals surface area contributed by atoms with E-state index in [1.54, 1.807) is 24.7 Å². The second-order valence-corrected chi connectivity index (χ2v) is 2.90. The SMILES string of the molecule is Oc1ccccc1/C=C/c1cnc[nH]1. The quantitative estimate of drug-likeness (QED) is 0.755. The normalized spacial score (nSPS) is 10.9. The van der Waals surface area contributed by atoms with Gasteiger partial charge in [0.05, 0.1) is 18.2 Å². The summed E-state index contributed by atoms with van der Waals surface area (Å²) in [6.45, 7) is 0. The summed E-state index contributed by atoms with van der Waals surface area (Å²) < 4.78 is 0. The number of para-hydroxylation sites is 1. The Kier molecular flexibility index (Phi) is 2.32. The van der Waals surface area contributed by atoms with Gasteiger partial charge in [0.25, 0.3) is 0 Å². The molecule has 2 rings (SSSR count). The summed E-state index contributed by atoms with van der Waals surface area (Å²) in [5.41, 5.74) is 1.70. The van der Waals surface area contributed by atoms with Gasteiger partial charge in [-0.3, -0.25) is 0 Å². The second kappa shape index (κ2) is 3.79. The molecule has 0 amide bonds. The van der Waals surface area contributed by atoms with E-state index in [1.165, 1.54) is 0 Å². The molecule has 2 N–H and O–H groups in total. The lowest BCUT2D eigenvalue weighted by atomic mass is 10.2. The van der Waals surface area contributed by atoms with Crippen molar-refractivity contribution in [3.8, 4) is 5.75 Å². The van der Waals surface area contributed by atoms with Crippen LogP contribution in [0, 0.1) is 0 Å². The molecule has 14 heavy (non-hydrogen) atoms. The number of H-pyrrole nitrogens is 1. The Morgan fingerprint density at radius 1 is 1.21 bits per heavy atom. The zero-order valence-electron chi connectivity index (χ0n) is 7.51. The fourth-order valence-electron chi connectivity index (χ4n) is 1.17. The van der Waals surface area contributed by atoms with Crippen LogP contribution in [0.3, 0.4) is 0 Å². The van der Waals surface area contributed by atoms with Gasteiger partial charge in [-0.15, -0.1) is 0 Å². The summed E-state index contributed by atoms with van der Waals surface area (Å²) in [7, 11) is 0. The monoisotopic (exact) mass is 186 g/mol. The molecule has 0 saturated heterocycles. The van der Waals surface area contributed by atoms with Crippen molar-refractivity contribution < 1.29 is 5.11 Å². The molecule has 0 aliphatic heterocycles. The highest BCUT2D eigenvalue weighted by molar-refractivity contribution is 5.70. The van der Waals surface area contributed by atoms with Crippen LogP contribution in [-0.2, 0) is 0 Å². The zero-order valence-corrected chi connectivity index (χ0v) is 7.51. The fraction of sp³-hybridized carbons (Fsp3) is 0. The Hall–Kier alpha value is -2.03. The third-order valence-electron chi connectivity index (χ3n) is 1.90. The molecular formula is C11H10N2O. The molecule has 70 valence electrons. The number of nitrogens with zero attached hydrogens (tertiary/aromatic N) is 1. The number of phenols is 1. The third-order valence-corrected chi connectivity index (χ3v) is 1.90. The highest BCUT2D eigenvalue weighted by Gasteiger charge is 1.93. The highest BCUT2D eigenvalue weighted by Crippen LogP contribution is 2.17. The van der Waals surface area contributed by atoms with Crippen LogP contribution in [0.5, 0.6) is 5.75 Å². The first-order chi connectivity index (χ1) is 6.86. The summed E-state index contributed by atoms with van der Waals surface area (Å²) in [5.74, 6) is 0.281. The Labute approximate surface area is 81.8 Å². The molecule has 0 radical (unpaired) electrons. The second-order valence-electron chi connectivity index (χ2n) is 2.90. The first-order valence-electron chi connectivity index (χ1n) is 4.31. The number of rotatable bonds is 2. The Morgan fingerprint density at radius 3 is 2.79 bits per heavy atom. The molecule has 0 aliphatic carbocycles. The minimum atomic E-state index is 0.281. The first-order valence-corrected chi connectivity index (χ1v) is 4.31. The molecule has 0 fully saturated rings. The lowest BCUT2D eigenvalue weighted by Gasteiger charge is -1.95. The van der Waals surface area contributed by atoms with Crippen LogP contribution in [0.25, 0.3) is 12.2 Å². The molecule has 3 heteroatoms. The smallest absolute Gasteiger partial charge is 0.122 e. The van der Waals surface area contributed by atoms with Crippen LogP contribution in [-0.4, -0.2) is 15.1 Å². The molecule has 0 unspecified atom stereocenters. The molecular weight excluding hydrogens is 176 g/mol. The van der Waals surface area contributed by atoms with Crippen molar-refractivity contribution in [2.75, 3.05) is 0 Å². The Bertz CT molecular complexity index is 432. The number of aromatic nitrogens is 2. The van der Waals surface area contributed by atoms with Crippen molar-refractivity contribution >= 4 is 12.2 Å². The van der Waals surface area contributed by atoms with Crippen molar-refractivity contribution in [3.05, 3.63) is 48.0 Å². The predicted molar refractivity (Wildman–Crippen MR) is 55.6 cm³/mol. The molecule has 1 aromatic carbocycles. The molecule has 0 saturated carbocycles. The van der Waals surface area contributed by atoms with Gasteiger partial charge < -0.3 is 10.1 Å². The number of phenolic OH excluding ortho intramolecular Hbond substituents is 1. The minimum absolute atomic E-state index is 0.281. The molecule has 0 atom stereocenters. The maximum Gasteiger partial charge on any atom is 0.122 e. The predicted octanol–water partition coefficient (Wildman–Crippen LogP) is 2.29. The van der Waals surface area contributed by atoms with Gasteiger partial charge in [0.2, 0.25) is 0 Å². The molecule has 1 heterocycles. The van der Waals surface area contributed by atoms with Crippen LogP contribution in [0.1, 0.15) is 11.3 Å². The van der Waals surface area contributed by atoms with E-state index in [0.29, 0.717) is 0 Å². The van der Waals surface area contributed by atoms with Gasteiger partial charge in [-0.25, -0.2) is 4.98 Å². The van der Waals surface area contributed by atoms with E-state index >= 15 is 0 Å². The van der Waals surface area contributed by atoms with E-state index in [-0.39, 0.29) is 5.75 Å². The lowest BCUT2D eigenvalue weighted by molar-refractivity contribution is 0.474. The topological polar surface area (TPSA) is 48.9 Å². The average Bonchev–Trinajstić information content (AvgIpc) is 2.69. The van der Waals surface area contributed by atoms with Crippen molar-refractivity contribution in [1.29, 1.82) is 0 Å². The summed E-state index contributed by atoms with van der Waals surface area (Å²) in [6.07, 6.45) is 7.03. The lowest BCUT2D eigenvalue weighted by Crippen LogP contribution is -1.73. The summed E-state index contributed by atoms with van der Waals surface area (Å²) in [5, 5.41) is 9.46. The molecule has 3 nitrogen and oxygen atoms in total. The van der Waals surface area contributed by atoms with Gasteiger partial charge in [0.15, 0.2) is 0 Å². The number of aromatic amines is 1. The van der Waals surface area contributed by atoms with E-state index in [9.17, 15) is 5.11 Å². The van der Waals surface area contributed by atoms with Gasteiger partial charge >= 0.3 is 0 Å². The standard InChI is InChI=1S/C11H10N2O/c14-11-4-2-1-3-9(11)5-6-10-7-12-8-13-10/h1-8,14H,(H,12,13)/b6-5+. The number of benzene rings is 1. The van der Waals surface area contributed by atoms with Gasteiger partial charge in [-0.2, -0.15) is 0 Å². The number of imidazole rings is 1. The largest absolute Gasteiger partial charge is 0.507 e. The molecule has 2 aromatic rings. The van der Waals surface area contributed by atoms with E-state index in [1.807, 2.05) is 24.3 Å². The average molecular weight is 186 g/mol. The fourth-order valence-corrected chi connectivity index (χ4v) is 1.17. The van der Waals surface area contributed by atoms with Gasteiger partial charge in [0, 0.05) is 5.56 Å². The summed E-state index contributed by atoms with van der Waals surface area (Å²) >= 11 is 0. The van der Waals surface area contributed by atoms with E-state index < -0.39 is 0 Å². The summed E-state index contributed by atoms with van der Waals surface area (Å²) in [6, 6.07) is 7.18. The van der Waals surface area contributed by atoms with Crippen LogP contribution in [0.15, 0.2) is 36.8 Å². The Morgan fingerprint density at radius 2 is 2.07 bits per heavy atom. The van der Waals surface area contributed by atoms with Crippen molar-refractivity contribution in [1.82, 2.24) is 9.97 Å². The number of hydrogen-bond acceptors (Lipinski definition) is 2. The van der Waals surface area contributed by atoms with Crippen molar-refractivity contribution in [3.63, 3.8) is 0 Å². The number of nitrogens with one attached hydrogen (secondary N) is 1. The van der Waals surface area contributed by atoms with Crippen LogP contribution < -0.4 is 0 Å². The number of aromatic hydroxyl groups is 1. The maximum atomic E-state index is 9.46. The van der Waals surface area contributed by atoms with Crippen LogP contribution in [0.4, 0.5) is 0 Å². The minimum Gasteiger partial charge on any atom is -0.507 e. The molecule has 0 spiro atoms. The van der Waals surface area contributed by atoms with Crippen LogP contribution >= 0.6 is 0 Å². The third kappa shape index (κ3) is 1.82. The summed E-state index contributed by atoms with van der Waals surface area (Å²) in [4.78, 5) is 6.83. The number of hydrogen-bond donors (Lipinski definition) is 2. The van der Waals surface area contributed by atoms with Crippen LogP contribution in [0.2, 0.25) is 0 Å². The van der Waals surface area contributed by atoms with Gasteiger partial charge in [-0.05, 0) is 18.2 Å². The van der Waals surface area contributed by atoms with E-state index in [0.717, 1.165) is 11.3 Å². The molecule has 0 bridgehead atoms. The first kappa shape index (κ1) is 8.56. The van der Waals surface area contributed by atoms with Gasteiger partial charge in [0.1, 0.15) is 5.75 Å². The van der Waals surface area contributed by atoms with Crippen molar-refractivity contribution in [2.45, 2.75) is 0 Å². The maximum absolute atomic E-state index is 9.46.